The topological polar surface area (TPSA) is 47.6 Å². The molecule has 0 bridgehead atoms. The summed E-state index contributed by atoms with van der Waals surface area (Å²) < 4.78 is 0. The number of carbonyl (C=O) groups is 1. The van der Waals surface area contributed by atoms with Gasteiger partial charge in [-0.25, -0.2) is 0 Å². The van der Waals surface area contributed by atoms with Crippen LogP contribution in [0.4, 0.5) is 0 Å². The molecule has 3 fully saturated rings. The minimum Gasteiger partial charge on any atom is -0.352 e. The van der Waals surface area contributed by atoms with Crippen LogP contribution in [-0.4, -0.2) is 73.6 Å². The molecule has 3 rings (SSSR count). The van der Waals surface area contributed by atoms with Gasteiger partial charge >= 0.3 is 0 Å². The fourth-order valence-electron chi connectivity index (χ4n) is 3.57. The molecule has 2 unspecified atom stereocenters. The Kier molecular flexibility index (Phi) is 4.52. The maximum Gasteiger partial charge on any atom is 0.237 e. The summed E-state index contributed by atoms with van der Waals surface area (Å²) >= 11 is 0. The van der Waals surface area contributed by atoms with Crippen LogP contribution in [0.1, 0.15) is 33.1 Å². The van der Waals surface area contributed by atoms with Crippen molar-refractivity contribution < 1.29 is 4.79 Å². The molecule has 1 aliphatic carbocycles. The molecule has 1 saturated carbocycles. The van der Waals surface area contributed by atoms with E-state index in [2.05, 4.69) is 34.3 Å². The fraction of sp³-hybridized carbons (Fsp3) is 0.938. The van der Waals surface area contributed by atoms with E-state index in [-0.39, 0.29) is 11.9 Å². The summed E-state index contributed by atoms with van der Waals surface area (Å²) in [4.78, 5) is 17.0. The van der Waals surface area contributed by atoms with Crippen LogP contribution in [0.3, 0.4) is 0 Å². The zero-order valence-corrected chi connectivity index (χ0v) is 13.5. The van der Waals surface area contributed by atoms with Gasteiger partial charge in [0.1, 0.15) is 0 Å². The lowest BCUT2D eigenvalue weighted by molar-refractivity contribution is -0.126. The maximum atomic E-state index is 12.1. The van der Waals surface area contributed by atoms with Gasteiger partial charge in [0.25, 0.3) is 0 Å². The molecule has 21 heavy (non-hydrogen) atoms. The van der Waals surface area contributed by atoms with E-state index in [1.54, 1.807) is 0 Å². The van der Waals surface area contributed by atoms with Gasteiger partial charge in [0, 0.05) is 45.3 Å². The predicted octanol–water partition coefficient (Wildman–Crippen LogP) is 0.271. The van der Waals surface area contributed by atoms with Crippen molar-refractivity contribution in [3.63, 3.8) is 0 Å². The number of rotatable bonds is 5. The van der Waals surface area contributed by atoms with E-state index in [9.17, 15) is 4.79 Å². The summed E-state index contributed by atoms with van der Waals surface area (Å²) in [5, 5.41) is 6.60. The minimum absolute atomic E-state index is 0.0245. The number of amides is 1. The first-order valence-electron chi connectivity index (χ1n) is 8.53. The summed E-state index contributed by atoms with van der Waals surface area (Å²) in [6.07, 6.45) is 3.62. The van der Waals surface area contributed by atoms with Crippen LogP contribution >= 0.6 is 0 Å². The average Bonchev–Trinajstić information content (AvgIpc) is 3.18. The summed E-state index contributed by atoms with van der Waals surface area (Å²) in [6.45, 7) is 12.2. The van der Waals surface area contributed by atoms with Crippen molar-refractivity contribution in [1.29, 1.82) is 0 Å². The third-order valence-corrected chi connectivity index (χ3v) is 5.32. The lowest BCUT2D eigenvalue weighted by atomic mass is 9.89. The predicted molar refractivity (Wildman–Crippen MR) is 84.2 cm³/mol. The van der Waals surface area contributed by atoms with E-state index >= 15 is 0 Å². The molecule has 3 aliphatic rings. The Hall–Kier alpha value is -0.650. The zero-order valence-electron chi connectivity index (χ0n) is 13.5. The van der Waals surface area contributed by atoms with E-state index in [1.165, 1.54) is 25.8 Å². The Morgan fingerprint density at radius 2 is 2.05 bits per heavy atom. The fourth-order valence-corrected chi connectivity index (χ4v) is 3.57. The molecular weight excluding hydrogens is 264 g/mol. The van der Waals surface area contributed by atoms with Crippen LogP contribution in [0, 0.1) is 5.41 Å². The molecule has 0 aromatic carbocycles. The highest BCUT2D eigenvalue weighted by Crippen LogP contribution is 2.26. The summed E-state index contributed by atoms with van der Waals surface area (Å²) in [7, 11) is 0. The quantitative estimate of drug-likeness (QED) is 0.764. The SMILES string of the molecule is CC(C(=O)NC1CC1)N1CCN(CC2(C)CCNC2)CC1. The van der Waals surface area contributed by atoms with Crippen molar-refractivity contribution in [3.05, 3.63) is 0 Å². The van der Waals surface area contributed by atoms with Crippen LogP contribution in [0.2, 0.25) is 0 Å². The monoisotopic (exact) mass is 294 g/mol. The van der Waals surface area contributed by atoms with Gasteiger partial charge < -0.3 is 15.5 Å². The van der Waals surface area contributed by atoms with Gasteiger partial charge in [0.05, 0.1) is 6.04 Å². The van der Waals surface area contributed by atoms with Gasteiger partial charge in [-0.1, -0.05) is 6.92 Å². The highest BCUT2D eigenvalue weighted by Gasteiger charge is 2.33. The van der Waals surface area contributed by atoms with E-state index in [4.69, 9.17) is 0 Å². The molecule has 0 spiro atoms. The second-order valence-electron chi connectivity index (χ2n) is 7.51. The van der Waals surface area contributed by atoms with Crippen molar-refractivity contribution in [2.45, 2.75) is 45.2 Å². The van der Waals surface area contributed by atoms with Gasteiger partial charge in [0.15, 0.2) is 0 Å². The number of nitrogens with one attached hydrogen (secondary N) is 2. The van der Waals surface area contributed by atoms with Crippen molar-refractivity contribution in [3.8, 4) is 0 Å². The number of piperazine rings is 1. The van der Waals surface area contributed by atoms with Crippen molar-refractivity contribution in [1.82, 2.24) is 20.4 Å². The number of carbonyl (C=O) groups excluding carboxylic acids is 1. The molecule has 0 aromatic heterocycles. The van der Waals surface area contributed by atoms with Gasteiger partial charge in [-0.15, -0.1) is 0 Å². The smallest absolute Gasteiger partial charge is 0.237 e. The number of hydrogen-bond acceptors (Lipinski definition) is 4. The molecular formula is C16H30N4O. The number of hydrogen-bond donors (Lipinski definition) is 2. The largest absolute Gasteiger partial charge is 0.352 e. The molecule has 0 aromatic rings. The van der Waals surface area contributed by atoms with Crippen molar-refractivity contribution >= 4 is 5.91 Å². The summed E-state index contributed by atoms with van der Waals surface area (Å²) in [5.41, 5.74) is 0.442. The van der Waals surface area contributed by atoms with E-state index in [0.717, 1.165) is 39.3 Å². The Balaban J connectivity index is 1.42. The molecule has 120 valence electrons. The summed E-state index contributed by atoms with van der Waals surface area (Å²) in [5.74, 6) is 0.220. The lowest BCUT2D eigenvalue weighted by Crippen LogP contribution is -2.55. The molecule has 1 amide bonds. The van der Waals surface area contributed by atoms with E-state index in [0.29, 0.717) is 11.5 Å². The van der Waals surface area contributed by atoms with E-state index < -0.39 is 0 Å². The van der Waals surface area contributed by atoms with Crippen LogP contribution in [0.25, 0.3) is 0 Å². The third-order valence-electron chi connectivity index (χ3n) is 5.32. The van der Waals surface area contributed by atoms with Crippen molar-refractivity contribution in [2.24, 2.45) is 5.41 Å². The third kappa shape index (κ3) is 3.96. The van der Waals surface area contributed by atoms with Crippen LogP contribution in [0.5, 0.6) is 0 Å². The van der Waals surface area contributed by atoms with Crippen LogP contribution in [-0.2, 0) is 4.79 Å². The maximum absolute atomic E-state index is 12.1. The molecule has 2 aliphatic heterocycles. The molecule has 5 heteroatoms. The van der Waals surface area contributed by atoms with Crippen LogP contribution in [0.15, 0.2) is 0 Å². The Morgan fingerprint density at radius 1 is 1.33 bits per heavy atom. The van der Waals surface area contributed by atoms with Crippen molar-refractivity contribution in [2.75, 3.05) is 45.8 Å². The van der Waals surface area contributed by atoms with Crippen LogP contribution < -0.4 is 10.6 Å². The summed E-state index contributed by atoms with van der Waals surface area (Å²) in [6, 6.07) is 0.493. The second kappa shape index (κ2) is 6.23. The normalized spacial score (nSPS) is 33.0. The van der Waals surface area contributed by atoms with E-state index in [1.807, 2.05) is 0 Å². The minimum atomic E-state index is 0.0245. The molecule has 2 heterocycles. The Labute approximate surface area is 128 Å². The lowest BCUT2D eigenvalue weighted by Gasteiger charge is -2.40. The number of nitrogens with zero attached hydrogens (tertiary/aromatic N) is 2. The zero-order chi connectivity index (χ0) is 14.9. The molecule has 0 radical (unpaired) electrons. The standard InChI is InChI=1S/C16H30N4O/c1-13(15(21)18-14-3-4-14)20-9-7-19(8-10-20)12-16(2)5-6-17-11-16/h13-14,17H,3-12H2,1-2H3,(H,18,21). The van der Waals surface area contributed by atoms with Gasteiger partial charge in [0.2, 0.25) is 5.91 Å². The second-order valence-corrected chi connectivity index (χ2v) is 7.51. The molecule has 2 atom stereocenters. The Bertz CT molecular complexity index is 368. The highest BCUT2D eigenvalue weighted by atomic mass is 16.2. The Morgan fingerprint density at radius 3 is 2.62 bits per heavy atom. The molecule has 2 saturated heterocycles. The highest BCUT2D eigenvalue weighted by molar-refractivity contribution is 5.81. The first kappa shape index (κ1) is 15.3. The van der Waals surface area contributed by atoms with Gasteiger partial charge in [-0.2, -0.15) is 0 Å². The van der Waals surface area contributed by atoms with Gasteiger partial charge in [-0.3, -0.25) is 9.69 Å². The van der Waals surface area contributed by atoms with Gasteiger partial charge in [-0.05, 0) is 38.1 Å². The molecule has 5 nitrogen and oxygen atoms in total. The average molecular weight is 294 g/mol. The first-order valence-corrected chi connectivity index (χ1v) is 8.53. The molecule has 2 N–H and O–H groups in total. The first-order chi connectivity index (χ1) is 10.1.